The van der Waals surface area contributed by atoms with E-state index in [0.717, 1.165) is 19.4 Å². The van der Waals surface area contributed by atoms with E-state index in [4.69, 9.17) is 5.11 Å². The molecule has 0 spiro atoms. The molecular weight excluding hydrogens is 246 g/mol. The maximum Gasteiger partial charge on any atom is 0.335 e. The molecular formula is C13H17N3O3. The van der Waals surface area contributed by atoms with Crippen molar-refractivity contribution in [3.05, 3.63) is 29.6 Å². The number of hydrogen-bond acceptors (Lipinski definition) is 4. The van der Waals surface area contributed by atoms with E-state index in [9.17, 15) is 9.59 Å². The Morgan fingerprint density at radius 3 is 3.05 bits per heavy atom. The minimum Gasteiger partial charge on any atom is -0.478 e. The molecule has 1 amide bonds. The molecule has 1 aromatic heterocycles. The van der Waals surface area contributed by atoms with E-state index in [0.29, 0.717) is 12.1 Å². The molecule has 1 unspecified atom stereocenters. The summed E-state index contributed by atoms with van der Waals surface area (Å²) in [5.41, 5.74) is 0.726. The number of carbonyl (C=O) groups excluding carboxylic acids is 1. The average Bonchev–Trinajstić information content (AvgIpc) is 2.89. The number of hydrogen-bond donors (Lipinski definition) is 3. The first-order chi connectivity index (χ1) is 9.15. The molecule has 6 nitrogen and oxygen atoms in total. The van der Waals surface area contributed by atoms with Gasteiger partial charge in [-0.1, -0.05) is 0 Å². The third kappa shape index (κ3) is 4.03. The highest BCUT2D eigenvalue weighted by molar-refractivity contribution is 5.87. The molecule has 0 radical (unpaired) electrons. The lowest BCUT2D eigenvalue weighted by atomic mass is 10.1. The van der Waals surface area contributed by atoms with E-state index >= 15 is 0 Å². The minimum atomic E-state index is -0.995. The quantitative estimate of drug-likeness (QED) is 0.721. The number of carbonyl (C=O) groups is 2. The van der Waals surface area contributed by atoms with E-state index in [2.05, 4.69) is 15.6 Å². The van der Waals surface area contributed by atoms with Crippen LogP contribution in [-0.4, -0.2) is 34.6 Å². The molecule has 1 fully saturated rings. The fourth-order valence-corrected chi connectivity index (χ4v) is 2.12. The number of carboxylic acids is 1. The first kappa shape index (κ1) is 13.5. The predicted molar refractivity (Wildman–Crippen MR) is 68.7 cm³/mol. The van der Waals surface area contributed by atoms with Crippen molar-refractivity contribution in [3.8, 4) is 0 Å². The molecule has 0 saturated carbocycles. The first-order valence-electron chi connectivity index (χ1n) is 6.33. The Bertz CT molecular complexity index is 470. The van der Waals surface area contributed by atoms with Crippen molar-refractivity contribution >= 4 is 11.9 Å². The molecule has 3 N–H and O–H groups in total. The third-order valence-electron chi connectivity index (χ3n) is 3.12. The Labute approximate surface area is 111 Å². The predicted octanol–water partition coefficient (Wildman–Crippen LogP) is 0.538. The Morgan fingerprint density at radius 1 is 1.53 bits per heavy atom. The van der Waals surface area contributed by atoms with Crippen molar-refractivity contribution in [2.45, 2.75) is 31.8 Å². The van der Waals surface area contributed by atoms with E-state index in [1.165, 1.54) is 18.3 Å². The first-order valence-corrected chi connectivity index (χ1v) is 6.33. The highest BCUT2D eigenvalue weighted by atomic mass is 16.4. The van der Waals surface area contributed by atoms with Gasteiger partial charge in [-0.25, -0.2) is 4.79 Å². The summed E-state index contributed by atoms with van der Waals surface area (Å²) in [4.78, 5) is 26.5. The van der Waals surface area contributed by atoms with E-state index in [1.54, 1.807) is 0 Å². The van der Waals surface area contributed by atoms with Gasteiger partial charge in [0.1, 0.15) is 0 Å². The van der Waals surface area contributed by atoms with Gasteiger partial charge in [-0.3, -0.25) is 9.78 Å². The van der Waals surface area contributed by atoms with Gasteiger partial charge in [0.2, 0.25) is 5.91 Å². The van der Waals surface area contributed by atoms with Crippen LogP contribution in [0.4, 0.5) is 0 Å². The average molecular weight is 263 g/mol. The summed E-state index contributed by atoms with van der Waals surface area (Å²) in [5.74, 6) is -1.04. The van der Waals surface area contributed by atoms with E-state index in [-0.39, 0.29) is 24.1 Å². The maximum atomic E-state index is 11.7. The summed E-state index contributed by atoms with van der Waals surface area (Å²) in [5, 5.41) is 14.9. The zero-order valence-electron chi connectivity index (χ0n) is 10.6. The molecule has 19 heavy (non-hydrogen) atoms. The van der Waals surface area contributed by atoms with Crippen LogP contribution in [0.1, 0.15) is 35.3 Å². The van der Waals surface area contributed by atoms with Gasteiger partial charge in [0.05, 0.1) is 17.8 Å². The van der Waals surface area contributed by atoms with Crippen molar-refractivity contribution in [2.75, 3.05) is 6.54 Å². The lowest BCUT2D eigenvalue weighted by molar-refractivity contribution is -0.121. The van der Waals surface area contributed by atoms with Gasteiger partial charge in [0.15, 0.2) is 0 Å². The van der Waals surface area contributed by atoms with Crippen LogP contribution in [0, 0.1) is 0 Å². The Balaban J connectivity index is 1.82. The fraction of sp³-hybridized carbons (Fsp3) is 0.462. The van der Waals surface area contributed by atoms with Gasteiger partial charge < -0.3 is 15.7 Å². The Morgan fingerprint density at radius 2 is 2.37 bits per heavy atom. The third-order valence-corrected chi connectivity index (χ3v) is 3.12. The van der Waals surface area contributed by atoms with Gasteiger partial charge in [0, 0.05) is 18.7 Å². The monoisotopic (exact) mass is 263 g/mol. The smallest absolute Gasteiger partial charge is 0.335 e. The van der Waals surface area contributed by atoms with Crippen molar-refractivity contribution in [3.63, 3.8) is 0 Å². The number of amides is 1. The van der Waals surface area contributed by atoms with Crippen LogP contribution in [-0.2, 0) is 11.3 Å². The number of pyridine rings is 1. The van der Waals surface area contributed by atoms with Crippen molar-refractivity contribution in [2.24, 2.45) is 0 Å². The zero-order valence-corrected chi connectivity index (χ0v) is 10.6. The van der Waals surface area contributed by atoms with E-state index in [1.807, 2.05) is 0 Å². The molecule has 0 aromatic carbocycles. The number of aromatic nitrogens is 1. The molecule has 1 saturated heterocycles. The molecule has 1 aliphatic heterocycles. The molecule has 1 atom stereocenters. The van der Waals surface area contributed by atoms with Crippen molar-refractivity contribution in [1.82, 2.24) is 15.6 Å². The number of carboxylic acid groups (broad SMARTS) is 1. The Hall–Kier alpha value is -1.95. The van der Waals surface area contributed by atoms with Crippen LogP contribution >= 0.6 is 0 Å². The molecule has 0 bridgehead atoms. The summed E-state index contributed by atoms with van der Waals surface area (Å²) < 4.78 is 0. The van der Waals surface area contributed by atoms with Crippen LogP contribution in [0.3, 0.4) is 0 Å². The second-order valence-corrected chi connectivity index (χ2v) is 4.62. The van der Waals surface area contributed by atoms with Crippen LogP contribution < -0.4 is 10.6 Å². The van der Waals surface area contributed by atoms with Gasteiger partial charge in [-0.05, 0) is 31.5 Å². The fourth-order valence-electron chi connectivity index (χ4n) is 2.12. The second kappa shape index (κ2) is 6.29. The summed E-state index contributed by atoms with van der Waals surface area (Å²) in [6, 6.07) is 3.16. The highest BCUT2D eigenvalue weighted by Gasteiger charge is 2.17. The number of nitrogens with one attached hydrogen (secondary N) is 2. The van der Waals surface area contributed by atoms with Crippen LogP contribution in [0.5, 0.6) is 0 Å². The lowest BCUT2D eigenvalue weighted by Crippen LogP contribution is -2.31. The molecule has 1 aliphatic rings. The molecule has 6 heteroatoms. The lowest BCUT2D eigenvalue weighted by Gasteiger charge is -2.10. The SMILES string of the molecule is O=C(CC1CCCN1)NCc1cc(C(=O)O)ccn1. The van der Waals surface area contributed by atoms with Gasteiger partial charge >= 0.3 is 5.97 Å². The van der Waals surface area contributed by atoms with Gasteiger partial charge in [-0.15, -0.1) is 0 Å². The van der Waals surface area contributed by atoms with Crippen LogP contribution in [0.25, 0.3) is 0 Å². The number of nitrogens with zero attached hydrogens (tertiary/aromatic N) is 1. The highest BCUT2D eigenvalue weighted by Crippen LogP contribution is 2.08. The molecule has 2 heterocycles. The molecule has 0 aliphatic carbocycles. The normalized spacial score (nSPS) is 18.2. The van der Waals surface area contributed by atoms with Gasteiger partial charge in [0.25, 0.3) is 0 Å². The summed E-state index contributed by atoms with van der Waals surface area (Å²) in [7, 11) is 0. The van der Waals surface area contributed by atoms with Crippen molar-refractivity contribution in [1.29, 1.82) is 0 Å². The summed E-state index contributed by atoms with van der Waals surface area (Å²) in [6.07, 6.45) is 4.03. The minimum absolute atomic E-state index is 0.0399. The van der Waals surface area contributed by atoms with E-state index < -0.39 is 5.97 Å². The molecule has 102 valence electrons. The van der Waals surface area contributed by atoms with Crippen LogP contribution in [0.15, 0.2) is 18.3 Å². The Kier molecular flexibility index (Phi) is 4.46. The summed E-state index contributed by atoms with van der Waals surface area (Å²) >= 11 is 0. The largest absolute Gasteiger partial charge is 0.478 e. The number of rotatable bonds is 5. The molecule has 2 rings (SSSR count). The van der Waals surface area contributed by atoms with Crippen molar-refractivity contribution < 1.29 is 14.7 Å². The second-order valence-electron chi connectivity index (χ2n) is 4.62. The van der Waals surface area contributed by atoms with Crippen LogP contribution in [0.2, 0.25) is 0 Å². The number of aromatic carboxylic acids is 1. The zero-order chi connectivity index (χ0) is 13.7. The topological polar surface area (TPSA) is 91.3 Å². The standard InChI is InChI=1S/C13H17N3O3/c17-12(7-10-2-1-4-14-10)16-8-11-6-9(13(18)19)3-5-15-11/h3,5-6,10,14H,1-2,4,7-8H2,(H,16,17)(H,18,19). The summed E-state index contributed by atoms with van der Waals surface area (Å²) in [6.45, 7) is 1.23. The van der Waals surface area contributed by atoms with Gasteiger partial charge in [-0.2, -0.15) is 0 Å². The maximum absolute atomic E-state index is 11.7. The molecule has 1 aromatic rings.